The Bertz CT molecular complexity index is 607. The molecule has 4 heteroatoms. The molecule has 0 heterocycles. The van der Waals surface area contributed by atoms with Crippen molar-refractivity contribution < 1.29 is 14.6 Å². The van der Waals surface area contributed by atoms with Gasteiger partial charge in [0, 0.05) is 5.56 Å². The monoisotopic (exact) mass is 264 g/mol. The van der Waals surface area contributed by atoms with Crippen LogP contribution in [0, 0.1) is 0 Å². The molecule has 0 bridgehead atoms. The minimum atomic E-state index is -0.902. The Morgan fingerprint density at radius 2 is 2.06 bits per heavy atom. The van der Waals surface area contributed by atoms with E-state index in [0.29, 0.717) is 16.3 Å². The summed E-state index contributed by atoms with van der Waals surface area (Å²) in [6.07, 6.45) is 0. The van der Waals surface area contributed by atoms with Gasteiger partial charge in [0.2, 0.25) is 0 Å². The smallest absolute Gasteiger partial charge is 0.310 e. The van der Waals surface area contributed by atoms with Crippen LogP contribution in [0.4, 0.5) is 0 Å². The summed E-state index contributed by atoms with van der Waals surface area (Å²) in [7, 11) is 1.49. The Morgan fingerprint density at radius 3 is 2.67 bits per heavy atom. The van der Waals surface area contributed by atoms with Crippen molar-refractivity contribution in [2.45, 2.75) is 12.8 Å². The summed E-state index contributed by atoms with van der Waals surface area (Å²) in [5, 5.41) is 11.4. The van der Waals surface area contributed by atoms with Gasteiger partial charge < -0.3 is 9.84 Å². The predicted molar refractivity (Wildman–Crippen MR) is 71.6 cm³/mol. The Balaban J connectivity index is 2.84. The quantitative estimate of drug-likeness (QED) is 0.920. The van der Waals surface area contributed by atoms with Crippen LogP contribution in [0.5, 0.6) is 5.75 Å². The molecule has 0 aliphatic heterocycles. The van der Waals surface area contributed by atoms with Gasteiger partial charge in [-0.05, 0) is 23.8 Å². The maximum absolute atomic E-state index is 11.2. The number of aliphatic carboxylic acids is 1. The molecule has 2 aromatic rings. The van der Waals surface area contributed by atoms with Crippen LogP contribution in [-0.4, -0.2) is 18.2 Å². The maximum atomic E-state index is 11.2. The van der Waals surface area contributed by atoms with E-state index < -0.39 is 11.9 Å². The van der Waals surface area contributed by atoms with Crippen molar-refractivity contribution in [1.82, 2.24) is 0 Å². The largest absolute Gasteiger partial charge is 0.495 e. The second-order valence-corrected chi connectivity index (χ2v) is 4.49. The lowest BCUT2D eigenvalue weighted by atomic mass is 9.93. The van der Waals surface area contributed by atoms with Crippen LogP contribution in [0.15, 0.2) is 30.3 Å². The molecule has 0 amide bonds. The first-order valence-corrected chi connectivity index (χ1v) is 5.92. The maximum Gasteiger partial charge on any atom is 0.310 e. The van der Waals surface area contributed by atoms with Crippen LogP contribution in [0.3, 0.4) is 0 Å². The summed E-state index contributed by atoms with van der Waals surface area (Å²) >= 11 is 6.14. The summed E-state index contributed by atoms with van der Waals surface area (Å²) in [6, 6.07) is 9.32. The SMILES string of the molecule is COc1c(Cl)cc2ccccc2c1C(C)C(=O)O. The Kier molecular flexibility index (Phi) is 3.43. The van der Waals surface area contributed by atoms with E-state index in [2.05, 4.69) is 0 Å². The molecule has 0 saturated carbocycles. The topological polar surface area (TPSA) is 46.5 Å². The summed E-state index contributed by atoms with van der Waals surface area (Å²) in [5.41, 5.74) is 0.619. The molecule has 1 N–H and O–H groups in total. The third kappa shape index (κ3) is 2.02. The highest BCUT2D eigenvalue weighted by molar-refractivity contribution is 6.33. The van der Waals surface area contributed by atoms with E-state index in [0.717, 1.165) is 10.8 Å². The number of ether oxygens (including phenoxy) is 1. The average Bonchev–Trinajstić information content (AvgIpc) is 2.36. The van der Waals surface area contributed by atoms with Gasteiger partial charge >= 0.3 is 5.97 Å². The van der Waals surface area contributed by atoms with Crippen LogP contribution in [0.25, 0.3) is 10.8 Å². The highest BCUT2D eigenvalue weighted by Gasteiger charge is 2.23. The molecule has 0 aliphatic rings. The van der Waals surface area contributed by atoms with Crippen molar-refractivity contribution >= 4 is 28.3 Å². The molecule has 94 valence electrons. The minimum absolute atomic E-state index is 0.430. The highest BCUT2D eigenvalue weighted by atomic mass is 35.5. The van der Waals surface area contributed by atoms with Crippen molar-refractivity contribution in [2.24, 2.45) is 0 Å². The molecule has 0 fully saturated rings. The molecule has 1 atom stereocenters. The lowest BCUT2D eigenvalue weighted by molar-refractivity contribution is -0.138. The molecular weight excluding hydrogens is 252 g/mol. The Morgan fingerprint density at radius 1 is 1.39 bits per heavy atom. The van der Waals surface area contributed by atoms with Crippen molar-refractivity contribution in [3.63, 3.8) is 0 Å². The number of hydrogen-bond donors (Lipinski definition) is 1. The van der Waals surface area contributed by atoms with Gasteiger partial charge in [-0.25, -0.2) is 0 Å². The second-order valence-electron chi connectivity index (χ2n) is 4.09. The highest BCUT2D eigenvalue weighted by Crippen LogP contribution is 2.39. The number of carbonyl (C=O) groups is 1. The van der Waals surface area contributed by atoms with Gasteiger partial charge in [-0.1, -0.05) is 35.9 Å². The number of hydrogen-bond acceptors (Lipinski definition) is 2. The van der Waals surface area contributed by atoms with Crippen LogP contribution in [-0.2, 0) is 4.79 Å². The molecule has 2 aromatic carbocycles. The number of halogens is 1. The van der Waals surface area contributed by atoms with Gasteiger partial charge in [-0.2, -0.15) is 0 Å². The van der Waals surface area contributed by atoms with Crippen molar-refractivity contribution in [2.75, 3.05) is 7.11 Å². The van der Waals surface area contributed by atoms with Crippen LogP contribution in [0.2, 0.25) is 5.02 Å². The van der Waals surface area contributed by atoms with Crippen LogP contribution < -0.4 is 4.74 Å². The van der Waals surface area contributed by atoms with Gasteiger partial charge in [-0.15, -0.1) is 0 Å². The lowest BCUT2D eigenvalue weighted by Gasteiger charge is -2.16. The zero-order valence-electron chi connectivity index (χ0n) is 10.1. The molecule has 0 radical (unpaired) electrons. The van der Waals surface area contributed by atoms with Crippen molar-refractivity contribution in [3.05, 3.63) is 40.9 Å². The molecular formula is C14H13ClO3. The number of fused-ring (bicyclic) bond motifs is 1. The third-order valence-electron chi connectivity index (χ3n) is 3.00. The van der Waals surface area contributed by atoms with Gasteiger partial charge in [-0.3, -0.25) is 4.79 Å². The minimum Gasteiger partial charge on any atom is -0.495 e. The summed E-state index contributed by atoms with van der Waals surface area (Å²) in [4.78, 5) is 11.2. The Labute approximate surface area is 110 Å². The number of carboxylic acid groups (broad SMARTS) is 1. The molecule has 3 nitrogen and oxygen atoms in total. The van der Waals surface area contributed by atoms with E-state index in [4.69, 9.17) is 16.3 Å². The van der Waals surface area contributed by atoms with Crippen molar-refractivity contribution in [1.29, 1.82) is 0 Å². The molecule has 1 unspecified atom stereocenters. The molecule has 0 aliphatic carbocycles. The number of rotatable bonds is 3. The van der Waals surface area contributed by atoms with E-state index in [9.17, 15) is 9.90 Å². The molecule has 2 rings (SSSR count). The van der Waals surface area contributed by atoms with E-state index in [1.807, 2.05) is 24.3 Å². The van der Waals surface area contributed by atoms with Gasteiger partial charge in [0.15, 0.2) is 0 Å². The van der Waals surface area contributed by atoms with Crippen LogP contribution >= 0.6 is 11.6 Å². The molecule has 0 aromatic heterocycles. The first-order valence-electron chi connectivity index (χ1n) is 5.54. The van der Waals surface area contributed by atoms with Gasteiger partial charge in [0.25, 0.3) is 0 Å². The number of methoxy groups -OCH3 is 1. The Hall–Kier alpha value is -1.74. The molecule has 0 spiro atoms. The van der Waals surface area contributed by atoms with E-state index in [1.165, 1.54) is 7.11 Å². The fraction of sp³-hybridized carbons (Fsp3) is 0.214. The van der Waals surface area contributed by atoms with Gasteiger partial charge in [0.05, 0.1) is 18.1 Å². The predicted octanol–water partition coefficient (Wildman–Crippen LogP) is 3.69. The van der Waals surface area contributed by atoms with E-state index in [-0.39, 0.29) is 0 Å². The normalized spacial score (nSPS) is 12.4. The first kappa shape index (κ1) is 12.7. The molecule has 18 heavy (non-hydrogen) atoms. The van der Waals surface area contributed by atoms with E-state index in [1.54, 1.807) is 13.0 Å². The number of benzene rings is 2. The zero-order valence-corrected chi connectivity index (χ0v) is 10.9. The zero-order chi connectivity index (χ0) is 13.3. The lowest BCUT2D eigenvalue weighted by Crippen LogP contribution is -2.09. The van der Waals surface area contributed by atoms with E-state index >= 15 is 0 Å². The summed E-state index contributed by atoms with van der Waals surface area (Å²) < 4.78 is 5.26. The summed E-state index contributed by atoms with van der Waals surface area (Å²) in [5.74, 6) is -1.14. The molecule has 0 saturated heterocycles. The first-order chi connectivity index (χ1) is 8.56. The number of carboxylic acids is 1. The summed E-state index contributed by atoms with van der Waals surface area (Å²) in [6.45, 7) is 1.63. The third-order valence-corrected chi connectivity index (χ3v) is 3.28. The second kappa shape index (κ2) is 4.86. The van der Waals surface area contributed by atoms with Crippen LogP contribution in [0.1, 0.15) is 18.4 Å². The fourth-order valence-electron chi connectivity index (χ4n) is 2.08. The van der Waals surface area contributed by atoms with Gasteiger partial charge in [0.1, 0.15) is 5.75 Å². The fourth-order valence-corrected chi connectivity index (χ4v) is 2.38. The standard InChI is InChI=1S/C14H13ClO3/c1-8(14(16)17)12-10-6-4-3-5-9(10)7-11(15)13(12)18-2/h3-8H,1-2H3,(H,16,17). The van der Waals surface area contributed by atoms with Crippen molar-refractivity contribution in [3.8, 4) is 5.75 Å². The average molecular weight is 265 g/mol.